The maximum Gasteiger partial charge on any atom is 0.257 e. The highest BCUT2D eigenvalue weighted by Gasteiger charge is 2.19. The van der Waals surface area contributed by atoms with Crippen molar-refractivity contribution >= 4 is 23.6 Å². The van der Waals surface area contributed by atoms with Crippen molar-refractivity contribution in [3.8, 4) is 0 Å². The quantitative estimate of drug-likeness (QED) is 0.270. The molecule has 12 heteroatoms. The van der Waals surface area contributed by atoms with E-state index in [1.54, 1.807) is 33.9 Å². The van der Waals surface area contributed by atoms with E-state index in [9.17, 15) is 19.2 Å². The average Bonchev–Trinajstić information content (AvgIpc) is 2.81. The van der Waals surface area contributed by atoms with Crippen molar-refractivity contribution in [2.45, 2.75) is 19.5 Å². The Morgan fingerprint density at radius 1 is 0.576 bits per heavy atom. The third-order valence-corrected chi connectivity index (χ3v) is 4.63. The number of nitrogens with one attached hydrogen (secondary N) is 4. The number of carbonyl (C=O) groups excluding carboxylic acids is 4. The molecule has 0 saturated carbocycles. The fourth-order valence-corrected chi connectivity index (χ4v) is 3.04. The first-order chi connectivity index (χ1) is 14.8. The first kappa shape index (κ1) is 29.8. The SMILES string of the molecule is CNC(=O)c1cc(C(=O)NC)c[n+](CCC[n+]2cc(C(=O)NC)cc(C(=O)NC)c2)c1.[Cl-].[Cl-]. The van der Waals surface area contributed by atoms with Gasteiger partial charge >= 0.3 is 0 Å². The molecule has 2 aromatic rings. The maximum atomic E-state index is 12.0. The summed E-state index contributed by atoms with van der Waals surface area (Å²) in [4.78, 5) is 48.2. The number of hydrogen-bond donors (Lipinski definition) is 4. The van der Waals surface area contributed by atoms with Crippen molar-refractivity contribution in [3.05, 3.63) is 59.2 Å². The molecule has 4 N–H and O–H groups in total. The lowest BCUT2D eigenvalue weighted by atomic mass is 10.1. The molecule has 0 spiro atoms. The molecule has 33 heavy (non-hydrogen) atoms. The minimum Gasteiger partial charge on any atom is -1.00 e. The number of halogens is 2. The molecule has 0 aliphatic rings. The summed E-state index contributed by atoms with van der Waals surface area (Å²) in [6.45, 7) is 1.03. The summed E-state index contributed by atoms with van der Waals surface area (Å²) >= 11 is 0. The van der Waals surface area contributed by atoms with Crippen molar-refractivity contribution in [1.82, 2.24) is 21.3 Å². The van der Waals surface area contributed by atoms with Crippen LogP contribution in [0.1, 0.15) is 47.9 Å². The third kappa shape index (κ3) is 7.99. The monoisotopic (exact) mass is 498 g/mol. The zero-order valence-electron chi connectivity index (χ0n) is 18.9. The molecule has 2 heterocycles. The van der Waals surface area contributed by atoms with Crippen LogP contribution in [0, 0.1) is 0 Å². The summed E-state index contributed by atoms with van der Waals surface area (Å²) in [6, 6.07) is 3.07. The van der Waals surface area contributed by atoms with E-state index in [1.807, 2.05) is 0 Å². The van der Waals surface area contributed by atoms with Crippen LogP contribution in [0.2, 0.25) is 0 Å². The van der Waals surface area contributed by atoms with Gasteiger partial charge in [0.1, 0.15) is 22.3 Å². The van der Waals surface area contributed by atoms with Crippen LogP contribution in [0.5, 0.6) is 0 Å². The highest BCUT2D eigenvalue weighted by molar-refractivity contribution is 5.99. The fourth-order valence-electron chi connectivity index (χ4n) is 3.04. The van der Waals surface area contributed by atoms with Crippen LogP contribution in [-0.4, -0.2) is 51.8 Å². The Hall–Kier alpha value is -3.24. The van der Waals surface area contributed by atoms with Gasteiger partial charge in [-0.1, -0.05) is 0 Å². The second kappa shape index (κ2) is 14.0. The summed E-state index contributed by atoms with van der Waals surface area (Å²) in [5.41, 5.74) is 1.50. The van der Waals surface area contributed by atoms with Gasteiger partial charge in [-0.2, -0.15) is 0 Å². The van der Waals surface area contributed by atoms with E-state index in [-0.39, 0.29) is 48.4 Å². The molecule has 0 aliphatic carbocycles. The van der Waals surface area contributed by atoms with Gasteiger partial charge in [0, 0.05) is 28.2 Å². The summed E-state index contributed by atoms with van der Waals surface area (Å²) in [5, 5.41) is 10.2. The largest absolute Gasteiger partial charge is 1.00 e. The minimum absolute atomic E-state index is 0. The summed E-state index contributed by atoms with van der Waals surface area (Å²) in [6.07, 6.45) is 7.32. The van der Waals surface area contributed by atoms with Gasteiger partial charge in [0.05, 0.1) is 6.42 Å². The van der Waals surface area contributed by atoms with Crippen LogP contribution in [0.3, 0.4) is 0 Å². The smallest absolute Gasteiger partial charge is 0.257 e. The van der Waals surface area contributed by atoms with Crippen LogP contribution in [0.15, 0.2) is 36.9 Å². The molecule has 0 saturated heterocycles. The zero-order chi connectivity index (χ0) is 23.0. The van der Waals surface area contributed by atoms with E-state index in [1.165, 1.54) is 40.3 Å². The first-order valence-electron chi connectivity index (χ1n) is 9.79. The Morgan fingerprint density at radius 2 is 0.818 bits per heavy atom. The minimum atomic E-state index is -0.289. The molecule has 0 fully saturated rings. The first-order valence-corrected chi connectivity index (χ1v) is 9.79. The topological polar surface area (TPSA) is 124 Å². The number of aromatic nitrogens is 2. The molecule has 4 amide bonds. The molecule has 10 nitrogen and oxygen atoms in total. The lowest BCUT2D eigenvalue weighted by Crippen LogP contribution is -3.00. The Kier molecular flexibility index (Phi) is 12.6. The predicted molar refractivity (Wildman–Crippen MR) is 111 cm³/mol. The van der Waals surface area contributed by atoms with Gasteiger partial charge in [-0.3, -0.25) is 19.2 Å². The Bertz CT molecular complexity index is 868. The molecule has 0 bridgehead atoms. The van der Waals surface area contributed by atoms with Gasteiger partial charge < -0.3 is 46.1 Å². The van der Waals surface area contributed by atoms with Gasteiger partial charge in [0.25, 0.3) is 23.6 Å². The highest BCUT2D eigenvalue weighted by atomic mass is 35.5. The van der Waals surface area contributed by atoms with Gasteiger partial charge in [-0.25, -0.2) is 9.13 Å². The second-order valence-corrected chi connectivity index (χ2v) is 6.77. The van der Waals surface area contributed by atoms with E-state index in [4.69, 9.17) is 0 Å². The molecule has 2 aromatic heterocycles. The van der Waals surface area contributed by atoms with E-state index < -0.39 is 0 Å². The second-order valence-electron chi connectivity index (χ2n) is 6.77. The molecule has 180 valence electrons. The summed E-state index contributed by atoms with van der Waals surface area (Å²) < 4.78 is 3.55. The van der Waals surface area contributed by atoms with Gasteiger partial charge in [-0.05, 0) is 12.1 Å². The Labute approximate surface area is 205 Å². The molecule has 0 aromatic carbocycles. The van der Waals surface area contributed by atoms with Crippen molar-refractivity contribution in [3.63, 3.8) is 0 Å². The molecule has 0 atom stereocenters. The standard InChI is InChI=1S/C21H26N6O4.2ClH/c1-22-18(28)14-8-15(19(29)23-2)11-26(10-14)6-5-7-27-12-16(20(30)24-3)9-17(13-27)21(31)25-4;;/h8-13H,5-7H2,1-4H3,(H2-2,22,23,24,25,28,29,30,31);2*1H. The van der Waals surface area contributed by atoms with Gasteiger partial charge in [-0.15, -0.1) is 0 Å². The predicted octanol–water partition coefficient (Wildman–Crippen LogP) is -7.20. The van der Waals surface area contributed by atoms with E-state index >= 15 is 0 Å². The molecular formula is C21H28Cl2N6O4. The summed E-state index contributed by atoms with van der Waals surface area (Å²) in [5.74, 6) is -1.16. The lowest BCUT2D eigenvalue weighted by molar-refractivity contribution is -0.727. The van der Waals surface area contributed by atoms with Crippen molar-refractivity contribution in [1.29, 1.82) is 0 Å². The normalized spacial score (nSPS) is 9.58. The summed E-state index contributed by atoms with van der Waals surface area (Å²) in [7, 11) is 6.11. The van der Waals surface area contributed by atoms with E-state index in [2.05, 4.69) is 21.3 Å². The number of hydrogen-bond acceptors (Lipinski definition) is 4. The van der Waals surface area contributed by atoms with E-state index in [0.29, 0.717) is 41.8 Å². The lowest BCUT2D eigenvalue weighted by Gasteiger charge is -2.05. The van der Waals surface area contributed by atoms with Gasteiger partial charge in [0.15, 0.2) is 37.9 Å². The number of carbonyl (C=O) groups is 4. The van der Waals surface area contributed by atoms with Gasteiger partial charge in [0.2, 0.25) is 0 Å². The van der Waals surface area contributed by atoms with Crippen LogP contribution >= 0.6 is 0 Å². The Balaban J connectivity index is 0.00000512. The van der Waals surface area contributed by atoms with E-state index in [0.717, 1.165) is 0 Å². The van der Waals surface area contributed by atoms with Crippen LogP contribution in [-0.2, 0) is 13.1 Å². The van der Waals surface area contributed by atoms with Crippen LogP contribution in [0.4, 0.5) is 0 Å². The number of amides is 4. The van der Waals surface area contributed by atoms with Crippen LogP contribution in [0.25, 0.3) is 0 Å². The average molecular weight is 499 g/mol. The number of rotatable bonds is 8. The highest BCUT2D eigenvalue weighted by Crippen LogP contribution is 2.04. The molecular weight excluding hydrogens is 471 g/mol. The van der Waals surface area contributed by atoms with Crippen LogP contribution < -0.4 is 55.2 Å². The van der Waals surface area contributed by atoms with Crippen molar-refractivity contribution < 1.29 is 53.1 Å². The molecule has 0 aliphatic heterocycles. The maximum absolute atomic E-state index is 12.0. The third-order valence-electron chi connectivity index (χ3n) is 4.63. The number of nitrogens with zero attached hydrogens (tertiary/aromatic N) is 2. The Morgan fingerprint density at radius 3 is 1.03 bits per heavy atom. The zero-order valence-corrected chi connectivity index (χ0v) is 20.4. The molecule has 0 unspecified atom stereocenters. The van der Waals surface area contributed by atoms with Crippen molar-refractivity contribution in [2.24, 2.45) is 0 Å². The fraction of sp³-hybridized carbons (Fsp3) is 0.333. The molecule has 2 rings (SSSR count). The number of pyridine rings is 2. The number of aryl methyl sites for hydroxylation is 2. The van der Waals surface area contributed by atoms with Crippen molar-refractivity contribution in [2.75, 3.05) is 28.2 Å². The molecule has 0 radical (unpaired) electrons.